The van der Waals surface area contributed by atoms with Crippen LogP contribution in [-0.2, 0) is 16.9 Å². The lowest BCUT2D eigenvalue weighted by atomic mass is 10.00. The number of aromatic nitrogens is 3. The summed E-state index contributed by atoms with van der Waals surface area (Å²) in [6, 6.07) is 12.4. The first kappa shape index (κ1) is 25.4. The molecule has 2 aromatic carbocycles. The molecule has 2 aromatic heterocycles. The molecule has 0 amide bonds. The van der Waals surface area contributed by atoms with Crippen molar-refractivity contribution in [1.82, 2.24) is 14.1 Å². The van der Waals surface area contributed by atoms with Gasteiger partial charge in [0.15, 0.2) is 5.75 Å². The summed E-state index contributed by atoms with van der Waals surface area (Å²) in [5, 5.41) is 0. The zero-order valence-corrected chi connectivity index (χ0v) is 21.6. The molecule has 0 N–H and O–H groups in total. The molecule has 0 fully saturated rings. The van der Waals surface area contributed by atoms with E-state index in [-0.39, 0.29) is 23.1 Å². The number of imidazole rings is 1. The number of methoxy groups -OCH3 is 1. The maximum Gasteiger partial charge on any atom is 0.329 e. The van der Waals surface area contributed by atoms with Crippen molar-refractivity contribution in [3.05, 3.63) is 76.1 Å². The smallest absolute Gasteiger partial charge is 0.329 e. The van der Waals surface area contributed by atoms with Gasteiger partial charge in [0.2, 0.25) is 0 Å². The third kappa shape index (κ3) is 4.86. The van der Waals surface area contributed by atoms with Gasteiger partial charge in [0, 0.05) is 13.3 Å². The highest BCUT2D eigenvalue weighted by molar-refractivity contribution is 7.90. The van der Waals surface area contributed by atoms with Gasteiger partial charge in [-0.3, -0.25) is 9.13 Å². The van der Waals surface area contributed by atoms with Crippen molar-refractivity contribution in [2.45, 2.75) is 19.9 Å². The largest absolute Gasteiger partial charge is 0.491 e. The van der Waals surface area contributed by atoms with E-state index in [9.17, 15) is 17.6 Å². The molecule has 1 atom stereocenters. The molecule has 4 rings (SSSR count). The Morgan fingerprint density at radius 3 is 2.47 bits per heavy atom. The van der Waals surface area contributed by atoms with Crippen LogP contribution >= 0.6 is 0 Å². The van der Waals surface area contributed by atoms with E-state index >= 15 is 0 Å². The van der Waals surface area contributed by atoms with Gasteiger partial charge in [-0.05, 0) is 66.9 Å². The van der Waals surface area contributed by atoms with Crippen molar-refractivity contribution >= 4 is 20.9 Å². The van der Waals surface area contributed by atoms with Crippen molar-refractivity contribution in [3.63, 3.8) is 0 Å². The van der Waals surface area contributed by atoms with Crippen LogP contribution in [0.3, 0.4) is 0 Å². The van der Waals surface area contributed by atoms with E-state index in [1.54, 1.807) is 38.2 Å². The summed E-state index contributed by atoms with van der Waals surface area (Å²) >= 11 is 0. The van der Waals surface area contributed by atoms with Crippen LogP contribution in [0.4, 0.5) is 4.39 Å². The number of hydrogen-bond acceptors (Lipinski definition) is 6. The number of nitrogens with zero attached hydrogens (tertiary/aromatic N) is 3. The second-order valence-corrected chi connectivity index (χ2v) is 10.8. The Bertz CT molecular complexity index is 1610. The number of benzene rings is 2. The summed E-state index contributed by atoms with van der Waals surface area (Å²) in [6.07, 6.45) is 1.12. The average Bonchev–Trinajstić information content (AvgIpc) is 3.06. The summed E-state index contributed by atoms with van der Waals surface area (Å²) in [6.45, 7) is 3.96. The number of rotatable bonds is 8. The quantitative estimate of drug-likeness (QED) is 0.355. The third-order valence-electron chi connectivity index (χ3n) is 6.05. The Balaban J connectivity index is 1.93. The number of ether oxygens (including phenoxy) is 2. The number of aryl methyl sites for hydroxylation is 2. The average molecular weight is 514 g/mol. The fraction of sp³-hybridized carbons (Fsp3) is 0.308. The number of sulfone groups is 1. The highest BCUT2D eigenvalue weighted by Crippen LogP contribution is 2.32. The fourth-order valence-electron chi connectivity index (χ4n) is 4.39. The van der Waals surface area contributed by atoms with E-state index in [0.29, 0.717) is 29.1 Å². The van der Waals surface area contributed by atoms with Gasteiger partial charge in [0.25, 0.3) is 5.88 Å². The standard InChI is InChI=1S/C26H28FN3O5S/c1-6-35-25-24(34-4)12-10-20(28-25)23(15-36(5,32)33)30-21-11-7-17(14-22(21)29(3)26(30)31)19-9-8-18(27)13-16(19)2/h7-14,23H,6,15H2,1-5H3/t23-/m1/s1. The molecule has 8 nitrogen and oxygen atoms in total. The zero-order chi connectivity index (χ0) is 26.2. The minimum Gasteiger partial charge on any atom is -0.491 e. The van der Waals surface area contributed by atoms with Crippen LogP contribution in [0.25, 0.3) is 22.2 Å². The topological polar surface area (TPSA) is 92.4 Å². The van der Waals surface area contributed by atoms with Gasteiger partial charge in [-0.25, -0.2) is 22.6 Å². The molecule has 190 valence electrons. The molecule has 0 radical (unpaired) electrons. The monoisotopic (exact) mass is 513 g/mol. The molecule has 2 heterocycles. The predicted molar refractivity (Wildman–Crippen MR) is 137 cm³/mol. The number of pyridine rings is 1. The van der Waals surface area contributed by atoms with Gasteiger partial charge in [-0.2, -0.15) is 0 Å². The molecule has 0 saturated carbocycles. The van der Waals surface area contributed by atoms with E-state index < -0.39 is 15.9 Å². The second kappa shape index (κ2) is 9.77. The Kier molecular flexibility index (Phi) is 6.90. The Morgan fingerprint density at radius 2 is 1.83 bits per heavy atom. The zero-order valence-electron chi connectivity index (χ0n) is 20.8. The molecule has 4 aromatic rings. The molecule has 0 aliphatic carbocycles. The van der Waals surface area contributed by atoms with Crippen molar-refractivity contribution in [1.29, 1.82) is 0 Å². The summed E-state index contributed by atoms with van der Waals surface area (Å²) in [7, 11) is -0.393. The number of halogens is 1. The van der Waals surface area contributed by atoms with Crippen LogP contribution in [-0.4, -0.2) is 48.3 Å². The van der Waals surface area contributed by atoms with Crippen LogP contribution in [0.1, 0.15) is 24.2 Å². The molecular formula is C26H28FN3O5S. The van der Waals surface area contributed by atoms with E-state index in [2.05, 4.69) is 4.98 Å². The molecule has 0 aliphatic rings. The van der Waals surface area contributed by atoms with Crippen LogP contribution in [0.5, 0.6) is 11.6 Å². The molecule has 0 unspecified atom stereocenters. The molecule has 0 saturated heterocycles. The highest BCUT2D eigenvalue weighted by atomic mass is 32.2. The Hall–Kier alpha value is -3.66. The highest BCUT2D eigenvalue weighted by Gasteiger charge is 2.27. The van der Waals surface area contributed by atoms with E-state index in [0.717, 1.165) is 22.9 Å². The summed E-state index contributed by atoms with van der Waals surface area (Å²) in [4.78, 5) is 18.0. The van der Waals surface area contributed by atoms with Gasteiger partial charge < -0.3 is 9.47 Å². The van der Waals surface area contributed by atoms with Crippen LogP contribution in [0.2, 0.25) is 0 Å². The molecule has 10 heteroatoms. The molecule has 0 bridgehead atoms. The van der Waals surface area contributed by atoms with Gasteiger partial charge in [-0.15, -0.1) is 0 Å². The summed E-state index contributed by atoms with van der Waals surface area (Å²) < 4.78 is 52.3. The lowest BCUT2D eigenvalue weighted by Gasteiger charge is -2.19. The SMILES string of the molecule is CCOc1nc([C@@H](CS(C)(=O)=O)n2c(=O)n(C)c3cc(-c4ccc(F)cc4C)ccc32)ccc1OC. The second-order valence-electron chi connectivity index (χ2n) is 8.66. The van der Waals surface area contributed by atoms with Crippen LogP contribution < -0.4 is 15.2 Å². The Morgan fingerprint density at radius 1 is 1.08 bits per heavy atom. The minimum absolute atomic E-state index is 0.221. The lowest BCUT2D eigenvalue weighted by Crippen LogP contribution is -2.31. The van der Waals surface area contributed by atoms with Crippen molar-refractivity contribution in [2.75, 3.05) is 25.7 Å². The van der Waals surface area contributed by atoms with E-state index in [1.807, 2.05) is 19.1 Å². The van der Waals surface area contributed by atoms with Crippen LogP contribution in [0.15, 0.2) is 53.3 Å². The van der Waals surface area contributed by atoms with Gasteiger partial charge >= 0.3 is 5.69 Å². The van der Waals surface area contributed by atoms with Crippen molar-refractivity contribution in [3.8, 4) is 22.8 Å². The van der Waals surface area contributed by atoms with E-state index in [1.165, 1.54) is 28.4 Å². The number of hydrogen-bond donors (Lipinski definition) is 0. The van der Waals surface area contributed by atoms with Gasteiger partial charge in [-0.1, -0.05) is 12.1 Å². The lowest BCUT2D eigenvalue weighted by molar-refractivity contribution is 0.296. The fourth-order valence-corrected chi connectivity index (χ4v) is 5.28. The first-order valence-corrected chi connectivity index (χ1v) is 13.4. The summed E-state index contributed by atoms with van der Waals surface area (Å²) in [5.74, 6) is -0.0324. The normalized spacial score (nSPS) is 12.6. The Labute approximate surface area is 208 Å². The minimum atomic E-state index is -3.51. The van der Waals surface area contributed by atoms with Gasteiger partial charge in [0.05, 0.1) is 42.2 Å². The van der Waals surface area contributed by atoms with Crippen LogP contribution in [0, 0.1) is 12.7 Å². The van der Waals surface area contributed by atoms with Crippen molar-refractivity contribution < 1.29 is 22.3 Å². The van der Waals surface area contributed by atoms with E-state index in [4.69, 9.17) is 9.47 Å². The third-order valence-corrected chi connectivity index (χ3v) is 6.97. The maximum absolute atomic E-state index is 13.6. The molecule has 36 heavy (non-hydrogen) atoms. The first-order valence-electron chi connectivity index (χ1n) is 11.4. The molecule has 0 aliphatic heterocycles. The molecule has 0 spiro atoms. The maximum atomic E-state index is 13.6. The molecular weight excluding hydrogens is 485 g/mol. The van der Waals surface area contributed by atoms with Gasteiger partial charge in [0.1, 0.15) is 15.7 Å². The summed E-state index contributed by atoms with van der Waals surface area (Å²) in [5.41, 5.74) is 3.55. The number of fused-ring (bicyclic) bond motifs is 1. The van der Waals surface area contributed by atoms with Crippen molar-refractivity contribution in [2.24, 2.45) is 7.05 Å². The predicted octanol–water partition coefficient (Wildman–Crippen LogP) is 3.89. The first-order chi connectivity index (χ1) is 17.0.